The molecule has 0 spiro atoms. The van der Waals surface area contributed by atoms with Crippen molar-refractivity contribution in [2.45, 2.75) is 26.8 Å². The number of aromatic nitrogens is 2. The summed E-state index contributed by atoms with van der Waals surface area (Å²) in [6.07, 6.45) is 6.49. The van der Waals surface area contributed by atoms with E-state index < -0.39 is 0 Å². The van der Waals surface area contributed by atoms with Crippen molar-refractivity contribution in [1.82, 2.24) is 9.55 Å². The van der Waals surface area contributed by atoms with Gasteiger partial charge in [0.2, 0.25) is 0 Å². The summed E-state index contributed by atoms with van der Waals surface area (Å²) in [6, 6.07) is 5.73. The number of hydrogen-bond donors (Lipinski definition) is 1. The van der Waals surface area contributed by atoms with Gasteiger partial charge in [0.15, 0.2) is 0 Å². The second kappa shape index (κ2) is 6.18. The first-order chi connectivity index (χ1) is 9.18. The Morgan fingerprint density at radius 2 is 2.26 bits per heavy atom. The Labute approximate surface area is 113 Å². The SMILES string of the molecule is C/C(=N\CCCn1ccnc1)c1cccc(C)c1O. The van der Waals surface area contributed by atoms with Crippen LogP contribution in [-0.2, 0) is 6.54 Å². The largest absolute Gasteiger partial charge is 0.507 e. The predicted molar refractivity (Wildman–Crippen MR) is 76.8 cm³/mol. The number of phenols is 1. The van der Waals surface area contributed by atoms with E-state index in [9.17, 15) is 5.11 Å². The van der Waals surface area contributed by atoms with E-state index in [1.54, 1.807) is 6.20 Å². The summed E-state index contributed by atoms with van der Waals surface area (Å²) in [5.41, 5.74) is 2.58. The summed E-state index contributed by atoms with van der Waals surface area (Å²) in [5, 5.41) is 9.98. The monoisotopic (exact) mass is 257 g/mol. The number of imidazole rings is 1. The van der Waals surface area contributed by atoms with E-state index in [4.69, 9.17) is 0 Å². The van der Waals surface area contributed by atoms with Gasteiger partial charge >= 0.3 is 0 Å². The predicted octanol–water partition coefficient (Wildman–Crippen LogP) is 2.80. The first kappa shape index (κ1) is 13.3. The molecular weight excluding hydrogens is 238 g/mol. The van der Waals surface area contributed by atoms with Gasteiger partial charge < -0.3 is 9.67 Å². The van der Waals surface area contributed by atoms with Crippen LogP contribution in [0.1, 0.15) is 24.5 Å². The molecule has 0 aliphatic rings. The summed E-state index contributed by atoms with van der Waals surface area (Å²) in [6.45, 7) is 5.49. The Balaban J connectivity index is 1.93. The molecule has 0 fully saturated rings. The number of aryl methyl sites for hydroxylation is 2. The van der Waals surface area contributed by atoms with Crippen molar-refractivity contribution in [3.8, 4) is 5.75 Å². The molecule has 1 aromatic carbocycles. The normalized spacial score (nSPS) is 11.8. The summed E-state index contributed by atoms with van der Waals surface area (Å²) in [7, 11) is 0. The van der Waals surface area contributed by atoms with Gasteiger partial charge in [0.25, 0.3) is 0 Å². The molecule has 0 aliphatic carbocycles. The molecule has 1 heterocycles. The minimum Gasteiger partial charge on any atom is -0.507 e. The molecule has 0 amide bonds. The molecule has 1 N–H and O–H groups in total. The van der Waals surface area contributed by atoms with Gasteiger partial charge in [-0.25, -0.2) is 4.98 Å². The van der Waals surface area contributed by atoms with Crippen molar-refractivity contribution in [3.63, 3.8) is 0 Å². The van der Waals surface area contributed by atoms with E-state index >= 15 is 0 Å². The summed E-state index contributed by atoms with van der Waals surface area (Å²) in [4.78, 5) is 8.52. The highest BCUT2D eigenvalue weighted by molar-refractivity contribution is 6.01. The minimum atomic E-state index is 0.332. The van der Waals surface area contributed by atoms with Crippen LogP contribution in [0.5, 0.6) is 5.75 Å². The molecule has 1 aromatic heterocycles. The molecule has 0 aliphatic heterocycles. The van der Waals surface area contributed by atoms with Gasteiger partial charge in [-0.1, -0.05) is 12.1 Å². The third-order valence-corrected chi connectivity index (χ3v) is 3.11. The maximum Gasteiger partial charge on any atom is 0.127 e. The van der Waals surface area contributed by atoms with Crippen LogP contribution in [-0.4, -0.2) is 26.9 Å². The Morgan fingerprint density at radius 1 is 1.42 bits per heavy atom. The Morgan fingerprint density at radius 3 is 3.00 bits per heavy atom. The van der Waals surface area contributed by atoms with Crippen LogP contribution >= 0.6 is 0 Å². The number of para-hydroxylation sites is 1. The molecular formula is C15H19N3O. The summed E-state index contributed by atoms with van der Waals surface area (Å²) < 4.78 is 2.04. The third kappa shape index (κ3) is 3.44. The Kier molecular flexibility index (Phi) is 4.34. The van der Waals surface area contributed by atoms with Gasteiger partial charge in [-0.05, 0) is 31.9 Å². The fourth-order valence-corrected chi connectivity index (χ4v) is 1.96. The van der Waals surface area contributed by atoms with Crippen LogP contribution < -0.4 is 0 Å². The van der Waals surface area contributed by atoms with Crippen molar-refractivity contribution in [3.05, 3.63) is 48.0 Å². The molecule has 100 valence electrons. The van der Waals surface area contributed by atoms with Crippen LogP contribution in [0.3, 0.4) is 0 Å². The lowest BCUT2D eigenvalue weighted by molar-refractivity contribution is 0.470. The van der Waals surface area contributed by atoms with Crippen LogP contribution in [0.25, 0.3) is 0 Å². The van der Waals surface area contributed by atoms with Crippen LogP contribution in [0.2, 0.25) is 0 Å². The Hall–Kier alpha value is -2.10. The second-order valence-electron chi connectivity index (χ2n) is 4.59. The second-order valence-corrected chi connectivity index (χ2v) is 4.59. The molecule has 0 saturated carbocycles. The maximum absolute atomic E-state index is 9.98. The number of benzene rings is 1. The highest BCUT2D eigenvalue weighted by Gasteiger charge is 2.05. The van der Waals surface area contributed by atoms with Crippen LogP contribution in [0.15, 0.2) is 41.9 Å². The summed E-state index contributed by atoms with van der Waals surface area (Å²) >= 11 is 0. The molecule has 0 saturated heterocycles. The molecule has 0 atom stereocenters. The van der Waals surface area contributed by atoms with Gasteiger partial charge in [0, 0.05) is 36.8 Å². The van der Waals surface area contributed by atoms with E-state index in [0.717, 1.165) is 36.3 Å². The lowest BCUT2D eigenvalue weighted by atomic mass is 10.1. The number of aromatic hydroxyl groups is 1. The van der Waals surface area contributed by atoms with E-state index in [-0.39, 0.29) is 0 Å². The van der Waals surface area contributed by atoms with Crippen molar-refractivity contribution in [2.75, 3.05) is 6.54 Å². The van der Waals surface area contributed by atoms with Crippen LogP contribution in [0.4, 0.5) is 0 Å². The molecule has 4 heteroatoms. The lowest BCUT2D eigenvalue weighted by Gasteiger charge is -2.07. The van der Waals surface area contributed by atoms with E-state index in [1.807, 2.05) is 49.1 Å². The van der Waals surface area contributed by atoms with Crippen LogP contribution in [0, 0.1) is 6.92 Å². The van der Waals surface area contributed by atoms with E-state index in [2.05, 4.69) is 9.98 Å². The number of nitrogens with zero attached hydrogens (tertiary/aromatic N) is 3. The van der Waals surface area contributed by atoms with Crippen molar-refractivity contribution in [1.29, 1.82) is 0 Å². The molecule has 4 nitrogen and oxygen atoms in total. The smallest absolute Gasteiger partial charge is 0.127 e. The average Bonchev–Trinajstić information content (AvgIpc) is 2.91. The molecule has 2 rings (SSSR count). The molecule has 19 heavy (non-hydrogen) atoms. The number of hydrogen-bond acceptors (Lipinski definition) is 3. The molecule has 2 aromatic rings. The van der Waals surface area contributed by atoms with Gasteiger partial charge in [0.05, 0.1) is 6.33 Å². The number of aliphatic imine (C=N–C) groups is 1. The number of rotatable bonds is 5. The van der Waals surface area contributed by atoms with Crippen molar-refractivity contribution >= 4 is 5.71 Å². The van der Waals surface area contributed by atoms with Gasteiger partial charge in [-0.3, -0.25) is 4.99 Å². The molecule has 0 radical (unpaired) electrons. The first-order valence-electron chi connectivity index (χ1n) is 6.44. The van der Waals surface area contributed by atoms with Crippen molar-refractivity contribution < 1.29 is 5.11 Å². The fraction of sp³-hybridized carbons (Fsp3) is 0.333. The Bertz CT molecular complexity index is 559. The molecule has 0 unspecified atom stereocenters. The third-order valence-electron chi connectivity index (χ3n) is 3.11. The zero-order chi connectivity index (χ0) is 13.7. The topological polar surface area (TPSA) is 50.4 Å². The average molecular weight is 257 g/mol. The standard InChI is InChI=1S/C15H19N3O/c1-12-5-3-6-14(15(12)19)13(2)17-7-4-9-18-10-8-16-11-18/h3,5-6,8,10-11,19H,4,7,9H2,1-2H3/b17-13+. The van der Waals surface area contributed by atoms with E-state index in [1.165, 1.54) is 0 Å². The molecule has 0 bridgehead atoms. The quantitative estimate of drug-likeness (QED) is 0.661. The van der Waals surface area contributed by atoms with Gasteiger partial charge in [-0.2, -0.15) is 0 Å². The van der Waals surface area contributed by atoms with Gasteiger partial charge in [-0.15, -0.1) is 0 Å². The zero-order valence-corrected chi connectivity index (χ0v) is 11.4. The first-order valence-corrected chi connectivity index (χ1v) is 6.44. The summed E-state index contributed by atoms with van der Waals surface area (Å²) in [5.74, 6) is 0.332. The zero-order valence-electron chi connectivity index (χ0n) is 11.4. The van der Waals surface area contributed by atoms with Crippen molar-refractivity contribution in [2.24, 2.45) is 4.99 Å². The number of phenolic OH excluding ortho intramolecular Hbond substituents is 1. The van der Waals surface area contributed by atoms with Gasteiger partial charge in [0.1, 0.15) is 5.75 Å². The maximum atomic E-state index is 9.98. The lowest BCUT2D eigenvalue weighted by Crippen LogP contribution is -2.01. The fourth-order valence-electron chi connectivity index (χ4n) is 1.96. The highest BCUT2D eigenvalue weighted by atomic mass is 16.3. The minimum absolute atomic E-state index is 0.332. The van der Waals surface area contributed by atoms with E-state index in [0.29, 0.717) is 5.75 Å². The highest BCUT2D eigenvalue weighted by Crippen LogP contribution is 2.22.